The van der Waals surface area contributed by atoms with E-state index in [0.29, 0.717) is 12.8 Å². The number of hydrogen-bond acceptors (Lipinski definition) is 5. The number of methoxy groups -OCH3 is 2. The predicted octanol–water partition coefficient (Wildman–Crippen LogP) is 4.39. The molecule has 5 nitrogen and oxygen atoms in total. The number of ether oxygens (including phenoxy) is 2. The van der Waals surface area contributed by atoms with E-state index in [2.05, 4.69) is 12.2 Å². The second kappa shape index (κ2) is 13.0. The maximum atomic E-state index is 12.9. The van der Waals surface area contributed by atoms with Crippen molar-refractivity contribution < 1.29 is 19.1 Å². The minimum Gasteiger partial charge on any atom is -0.497 e. The first-order valence-electron chi connectivity index (χ1n) is 10.2. The molecule has 0 aliphatic heterocycles. The van der Waals surface area contributed by atoms with Crippen molar-refractivity contribution in [2.75, 3.05) is 14.2 Å². The number of aryl methyl sites for hydroxylation is 1. The number of nitrogens with one attached hydrogen (secondary N) is 1. The normalized spacial score (nSPS) is 12.6. The first kappa shape index (κ1) is 23.8. The highest BCUT2D eigenvalue weighted by Gasteiger charge is 2.26. The Morgan fingerprint density at radius 3 is 2.27 bits per heavy atom. The van der Waals surface area contributed by atoms with E-state index in [4.69, 9.17) is 9.47 Å². The average Bonchev–Trinajstić information content (AvgIpc) is 2.79. The van der Waals surface area contributed by atoms with Crippen molar-refractivity contribution in [1.82, 2.24) is 5.32 Å². The lowest BCUT2D eigenvalue weighted by Gasteiger charge is -2.21. The summed E-state index contributed by atoms with van der Waals surface area (Å²) in [6.45, 7) is 2.06. The summed E-state index contributed by atoms with van der Waals surface area (Å²) in [5, 5.41) is 2.70. The number of thioether (sulfide) groups is 1. The molecule has 0 aliphatic rings. The third kappa shape index (κ3) is 7.75. The van der Waals surface area contributed by atoms with Crippen molar-refractivity contribution in [3.63, 3.8) is 0 Å². The molecule has 0 aliphatic carbocycles. The van der Waals surface area contributed by atoms with E-state index in [0.717, 1.165) is 35.5 Å². The highest BCUT2D eigenvalue weighted by molar-refractivity contribution is 7.99. The Morgan fingerprint density at radius 2 is 1.67 bits per heavy atom. The number of rotatable bonds is 12. The molecular weight excluding hydrogens is 398 g/mol. The zero-order valence-corrected chi connectivity index (χ0v) is 18.7. The fraction of sp³-hybridized carbons (Fsp3) is 0.417. The van der Waals surface area contributed by atoms with Crippen molar-refractivity contribution in [3.8, 4) is 5.75 Å². The molecule has 0 bridgehead atoms. The lowest BCUT2D eigenvalue weighted by atomic mass is 10.0. The molecule has 2 rings (SSSR count). The van der Waals surface area contributed by atoms with Gasteiger partial charge in [0.1, 0.15) is 11.8 Å². The van der Waals surface area contributed by atoms with Gasteiger partial charge in [-0.3, -0.25) is 4.79 Å². The average molecular weight is 430 g/mol. The van der Waals surface area contributed by atoms with E-state index >= 15 is 0 Å². The number of benzene rings is 2. The van der Waals surface area contributed by atoms with Gasteiger partial charge in [0.05, 0.1) is 19.5 Å². The molecule has 1 unspecified atom stereocenters. The topological polar surface area (TPSA) is 64.6 Å². The van der Waals surface area contributed by atoms with Crippen LogP contribution in [0.4, 0.5) is 0 Å². The van der Waals surface area contributed by atoms with E-state index in [1.165, 1.54) is 7.11 Å². The molecule has 0 saturated heterocycles. The van der Waals surface area contributed by atoms with Crippen LogP contribution in [0, 0.1) is 0 Å². The third-order valence-corrected chi connectivity index (χ3v) is 6.17. The molecule has 0 saturated carbocycles. The van der Waals surface area contributed by atoms with E-state index in [1.54, 1.807) is 18.9 Å². The second-order valence-corrected chi connectivity index (χ2v) is 8.24. The highest BCUT2D eigenvalue weighted by atomic mass is 32.2. The summed E-state index contributed by atoms with van der Waals surface area (Å²) in [6, 6.07) is 17.1. The molecule has 30 heavy (non-hydrogen) atoms. The highest BCUT2D eigenvalue weighted by Crippen LogP contribution is 2.23. The minimum atomic E-state index is -0.649. The number of hydrogen-bond donors (Lipinski definition) is 1. The van der Waals surface area contributed by atoms with Crippen molar-refractivity contribution in [2.24, 2.45) is 0 Å². The van der Waals surface area contributed by atoms with Gasteiger partial charge in [-0.15, -0.1) is 11.8 Å². The van der Waals surface area contributed by atoms with Gasteiger partial charge in [0, 0.05) is 5.75 Å². The molecule has 162 valence electrons. The zero-order valence-electron chi connectivity index (χ0n) is 17.9. The predicted molar refractivity (Wildman–Crippen MR) is 122 cm³/mol. The monoisotopic (exact) mass is 429 g/mol. The van der Waals surface area contributed by atoms with Crippen LogP contribution in [0.15, 0.2) is 54.6 Å². The van der Waals surface area contributed by atoms with Crippen LogP contribution in [-0.4, -0.2) is 37.4 Å². The van der Waals surface area contributed by atoms with Crippen LogP contribution < -0.4 is 10.1 Å². The van der Waals surface area contributed by atoms with E-state index in [9.17, 15) is 9.59 Å². The van der Waals surface area contributed by atoms with Gasteiger partial charge in [-0.1, -0.05) is 55.8 Å². The number of amides is 1. The van der Waals surface area contributed by atoms with Gasteiger partial charge in [0.15, 0.2) is 0 Å². The third-order valence-electron chi connectivity index (χ3n) is 4.82. The zero-order chi connectivity index (χ0) is 21.8. The first-order valence-corrected chi connectivity index (χ1v) is 11.3. The van der Waals surface area contributed by atoms with Crippen LogP contribution >= 0.6 is 11.8 Å². The summed E-state index contributed by atoms with van der Waals surface area (Å²) in [5.41, 5.74) is 2.25. The van der Waals surface area contributed by atoms with Crippen LogP contribution in [0.2, 0.25) is 0 Å². The largest absolute Gasteiger partial charge is 0.497 e. The molecule has 2 aromatic carbocycles. The summed E-state index contributed by atoms with van der Waals surface area (Å²) in [5.74, 6) is 1.01. The molecule has 2 atom stereocenters. The summed E-state index contributed by atoms with van der Waals surface area (Å²) < 4.78 is 10.1. The molecule has 2 aromatic rings. The van der Waals surface area contributed by atoms with Crippen LogP contribution in [-0.2, 0) is 26.5 Å². The minimum absolute atomic E-state index is 0.112. The lowest BCUT2D eigenvalue weighted by Crippen LogP contribution is -2.45. The molecule has 6 heteroatoms. The maximum Gasteiger partial charge on any atom is 0.328 e. The van der Waals surface area contributed by atoms with Gasteiger partial charge >= 0.3 is 5.97 Å². The Hall–Kier alpha value is -2.47. The summed E-state index contributed by atoms with van der Waals surface area (Å²) in [7, 11) is 2.99. The first-order chi connectivity index (χ1) is 14.6. The van der Waals surface area contributed by atoms with Crippen molar-refractivity contribution in [1.29, 1.82) is 0 Å². The van der Waals surface area contributed by atoms with Crippen molar-refractivity contribution in [2.45, 2.75) is 49.7 Å². The molecule has 0 fully saturated rings. The van der Waals surface area contributed by atoms with E-state index < -0.39 is 12.0 Å². The second-order valence-electron chi connectivity index (χ2n) is 7.05. The maximum absolute atomic E-state index is 12.9. The fourth-order valence-corrected chi connectivity index (χ4v) is 4.29. The summed E-state index contributed by atoms with van der Waals surface area (Å²) >= 11 is 1.59. The van der Waals surface area contributed by atoms with Gasteiger partial charge in [-0.25, -0.2) is 4.79 Å². The molecule has 0 aromatic heterocycles. The quantitative estimate of drug-likeness (QED) is 0.507. The van der Waals surface area contributed by atoms with Crippen LogP contribution in [0.25, 0.3) is 0 Å². The molecule has 0 spiro atoms. The lowest BCUT2D eigenvalue weighted by molar-refractivity contribution is -0.145. The van der Waals surface area contributed by atoms with Gasteiger partial charge in [-0.2, -0.15) is 0 Å². The van der Waals surface area contributed by atoms with Gasteiger partial charge in [0.25, 0.3) is 0 Å². The van der Waals surface area contributed by atoms with E-state index in [1.807, 2.05) is 54.6 Å². The van der Waals surface area contributed by atoms with Crippen molar-refractivity contribution >= 4 is 23.6 Å². The molecule has 1 amide bonds. The molecule has 0 heterocycles. The molecule has 1 N–H and O–H groups in total. The number of esters is 1. The van der Waals surface area contributed by atoms with E-state index in [-0.39, 0.29) is 11.2 Å². The molecule has 0 radical (unpaired) electrons. The fourth-order valence-electron chi connectivity index (χ4n) is 3.08. The van der Waals surface area contributed by atoms with Gasteiger partial charge in [0.2, 0.25) is 5.91 Å². The van der Waals surface area contributed by atoms with Crippen molar-refractivity contribution in [3.05, 3.63) is 65.7 Å². The Balaban J connectivity index is 1.96. The van der Waals surface area contributed by atoms with Crippen LogP contribution in [0.1, 0.15) is 37.3 Å². The Morgan fingerprint density at radius 1 is 0.967 bits per heavy atom. The summed E-state index contributed by atoms with van der Waals surface area (Å²) in [6.07, 6.45) is 2.84. The Bertz CT molecular complexity index is 780. The SMILES string of the molecule is CCCC(SCc1ccc(OC)cc1)C(=O)N[C@@H](CCc1ccccc1)C(=O)OC. The Kier molecular flexibility index (Phi) is 10.3. The summed E-state index contributed by atoms with van der Waals surface area (Å²) in [4.78, 5) is 25.2. The number of carbonyl (C=O) groups excluding carboxylic acids is 2. The van der Waals surface area contributed by atoms with Crippen LogP contribution in [0.3, 0.4) is 0 Å². The van der Waals surface area contributed by atoms with Crippen LogP contribution in [0.5, 0.6) is 5.75 Å². The standard InChI is InChI=1S/C24H31NO4S/c1-4-8-22(30-17-19-11-14-20(28-2)15-12-19)23(26)25-21(24(27)29-3)16-13-18-9-6-5-7-10-18/h5-7,9-12,14-15,21-22H,4,8,13,16-17H2,1-3H3,(H,25,26)/t21-,22?/m0/s1. The Labute approximate surface area is 183 Å². The molecular formula is C24H31NO4S. The van der Waals surface area contributed by atoms with Gasteiger partial charge in [-0.05, 0) is 42.5 Å². The van der Waals surface area contributed by atoms with Gasteiger partial charge < -0.3 is 14.8 Å². The number of carbonyl (C=O) groups is 2. The smallest absolute Gasteiger partial charge is 0.328 e.